The van der Waals surface area contributed by atoms with Crippen LogP contribution >= 0.6 is 23.4 Å². The van der Waals surface area contributed by atoms with Crippen LogP contribution in [-0.4, -0.2) is 21.8 Å². The van der Waals surface area contributed by atoms with E-state index in [0.29, 0.717) is 5.02 Å². The Kier molecular flexibility index (Phi) is 4.05. The van der Waals surface area contributed by atoms with E-state index < -0.39 is 0 Å². The quantitative estimate of drug-likeness (QED) is 0.586. The normalized spacial score (nSPS) is 13.2. The second-order valence-corrected chi connectivity index (χ2v) is 3.99. The number of nitrogens with one attached hydrogen (secondary N) is 1. The Morgan fingerprint density at radius 1 is 1.85 bits per heavy atom. The predicted molar refractivity (Wildman–Crippen MR) is 56.7 cm³/mol. The monoisotopic (exact) mass is 220 g/mol. The highest BCUT2D eigenvalue weighted by atomic mass is 35.5. The number of aromatic nitrogens is 2. The van der Waals surface area contributed by atoms with Crippen molar-refractivity contribution in [3.8, 4) is 0 Å². The molecule has 4 nitrogen and oxygen atoms in total. The molecule has 1 aromatic rings. The van der Waals surface area contributed by atoms with Gasteiger partial charge < -0.3 is 0 Å². The van der Waals surface area contributed by atoms with Gasteiger partial charge in [-0.3, -0.25) is 16.0 Å². The van der Waals surface area contributed by atoms with Crippen LogP contribution in [0.2, 0.25) is 5.02 Å². The van der Waals surface area contributed by atoms with Crippen LogP contribution in [0.15, 0.2) is 6.20 Å². The molecular weight excluding hydrogens is 208 g/mol. The maximum Gasteiger partial charge on any atom is 0.0834 e. The molecule has 0 aromatic carbocycles. The highest BCUT2D eigenvalue weighted by Crippen LogP contribution is 2.23. The van der Waals surface area contributed by atoms with Crippen molar-refractivity contribution in [3.63, 3.8) is 0 Å². The third kappa shape index (κ3) is 2.37. The summed E-state index contributed by atoms with van der Waals surface area (Å²) in [6.45, 7) is 0. The molecule has 3 N–H and O–H groups in total. The average molecular weight is 221 g/mol. The maximum absolute atomic E-state index is 5.97. The minimum atomic E-state index is 0.0509. The SMILES string of the molecule is CSCC(NN)c1c(Cl)cnn1C. The highest BCUT2D eigenvalue weighted by molar-refractivity contribution is 7.98. The molecule has 0 aliphatic heterocycles. The molecule has 1 unspecified atom stereocenters. The third-order valence-corrected chi connectivity index (χ3v) is 2.76. The smallest absolute Gasteiger partial charge is 0.0834 e. The van der Waals surface area contributed by atoms with Crippen LogP contribution in [0.1, 0.15) is 11.7 Å². The van der Waals surface area contributed by atoms with Crippen molar-refractivity contribution in [1.82, 2.24) is 15.2 Å². The van der Waals surface area contributed by atoms with E-state index >= 15 is 0 Å². The molecular formula is C7H13ClN4S. The lowest BCUT2D eigenvalue weighted by molar-refractivity contribution is 0.555. The van der Waals surface area contributed by atoms with Gasteiger partial charge >= 0.3 is 0 Å². The summed E-state index contributed by atoms with van der Waals surface area (Å²) < 4.78 is 1.74. The lowest BCUT2D eigenvalue weighted by atomic mass is 10.2. The fourth-order valence-electron chi connectivity index (χ4n) is 1.18. The zero-order valence-corrected chi connectivity index (χ0v) is 9.19. The van der Waals surface area contributed by atoms with Gasteiger partial charge in [-0.15, -0.1) is 0 Å². The molecule has 74 valence electrons. The van der Waals surface area contributed by atoms with Crippen molar-refractivity contribution < 1.29 is 0 Å². The van der Waals surface area contributed by atoms with Crippen LogP contribution < -0.4 is 11.3 Å². The molecule has 6 heteroatoms. The topological polar surface area (TPSA) is 55.9 Å². The minimum Gasteiger partial charge on any atom is -0.271 e. The van der Waals surface area contributed by atoms with Crippen LogP contribution in [0.25, 0.3) is 0 Å². The van der Waals surface area contributed by atoms with Crippen molar-refractivity contribution >= 4 is 23.4 Å². The number of halogens is 1. The summed E-state index contributed by atoms with van der Waals surface area (Å²) in [5.74, 6) is 6.30. The molecule has 0 fully saturated rings. The van der Waals surface area contributed by atoms with Gasteiger partial charge in [-0.1, -0.05) is 11.6 Å². The first-order chi connectivity index (χ1) is 6.20. The number of hydrazine groups is 1. The summed E-state index contributed by atoms with van der Waals surface area (Å²) in [5, 5.41) is 4.70. The zero-order valence-electron chi connectivity index (χ0n) is 7.62. The van der Waals surface area contributed by atoms with Gasteiger partial charge in [-0.25, -0.2) is 0 Å². The van der Waals surface area contributed by atoms with E-state index in [0.717, 1.165) is 11.4 Å². The number of thioether (sulfide) groups is 1. The third-order valence-electron chi connectivity index (χ3n) is 1.80. The van der Waals surface area contributed by atoms with Crippen molar-refractivity contribution in [2.75, 3.05) is 12.0 Å². The van der Waals surface area contributed by atoms with E-state index in [1.54, 1.807) is 22.6 Å². The lowest BCUT2D eigenvalue weighted by Crippen LogP contribution is -2.31. The van der Waals surface area contributed by atoms with Gasteiger partial charge in [-0.05, 0) is 6.26 Å². The lowest BCUT2D eigenvalue weighted by Gasteiger charge is -2.15. The number of nitrogens with two attached hydrogens (primary N) is 1. The highest BCUT2D eigenvalue weighted by Gasteiger charge is 2.16. The number of hydrogen-bond acceptors (Lipinski definition) is 4. The van der Waals surface area contributed by atoms with Gasteiger partial charge in [-0.2, -0.15) is 16.9 Å². The van der Waals surface area contributed by atoms with E-state index in [-0.39, 0.29) is 6.04 Å². The number of aryl methyl sites for hydroxylation is 1. The van der Waals surface area contributed by atoms with Gasteiger partial charge in [0.15, 0.2) is 0 Å². The maximum atomic E-state index is 5.97. The van der Waals surface area contributed by atoms with Gasteiger partial charge in [0.25, 0.3) is 0 Å². The Hall–Kier alpha value is -0.230. The summed E-state index contributed by atoms with van der Waals surface area (Å²) in [6.07, 6.45) is 3.65. The molecule has 1 aromatic heterocycles. The van der Waals surface area contributed by atoms with Crippen molar-refractivity contribution in [2.24, 2.45) is 12.9 Å². The first kappa shape index (κ1) is 10.8. The van der Waals surface area contributed by atoms with Gasteiger partial charge in [0.2, 0.25) is 0 Å². The van der Waals surface area contributed by atoms with E-state index in [1.807, 2.05) is 13.3 Å². The Morgan fingerprint density at radius 2 is 2.54 bits per heavy atom. The number of hydrogen-bond donors (Lipinski definition) is 2. The number of nitrogens with zero attached hydrogens (tertiary/aromatic N) is 2. The molecule has 1 atom stereocenters. The van der Waals surface area contributed by atoms with E-state index in [9.17, 15) is 0 Å². The summed E-state index contributed by atoms with van der Waals surface area (Å²) in [6, 6.07) is 0.0509. The largest absolute Gasteiger partial charge is 0.271 e. The molecule has 1 rings (SSSR count). The molecule has 0 aliphatic rings. The predicted octanol–water partition coefficient (Wildman–Crippen LogP) is 0.941. The zero-order chi connectivity index (χ0) is 9.84. The van der Waals surface area contributed by atoms with Gasteiger partial charge in [0, 0.05) is 12.8 Å². The number of rotatable bonds is 4. The first-order valence-corrected chi connectivity index (χ1v) is 5.60. The Morgan fingerprint density at radius 3 is 2.92 bits per heavy atom. The second kappa shape index (κ2) is 4.85. The molecule has 0 saturated heterocycles. The van der Waals surface area contributed by atoms with Crippen LogP contribution in [0, 0.1) is 0 Å². The fourth-order valence-corrected chi connectivity index (χ4v) is 2.07. The van der Waals surface area contributed by atoms with Crippen LogP contribution in [0.3, 0.4) is 0 Å². The van der Waals surface area contributed by atoms with Gasteiger partial charge in [0.05, 0.1) is 23.0 Å². The molecule has 0 bridgehead atoms. The molecule has 0 saturated carbocycles. The van der Waals surface area contributed by atoms with Crippen molar-refractivity contribution in [2.45, 2.75) is 6.04 Å². The summed E-state index contributed by atoms with van der Waals surface area (Å²) >= 11 is 7.67. The summed E-state index contributed by atoms with van der Waals surface area (Å²) in [5.41, 5.74) is 3.65. The summed E-state index contributed by atoms with van der Waals surface area (Å²) in [4.78, 5) is 0. The Bertz CT molecular complexity index is 256. The Labute approximate surface area is 86.8 Å². The average Bonchev–Trinajstić information content (AvgIpc) is 2.43. The van der Waals surface area contributed by atoms with E-state index in [2.05, 4.69) is 10.5 Å². The van der Waals surface area contributed by atoms with E-state index in [1.165, 1.54) is 0 Å². The standard InChI is InChI=1S/C7H13ClN4S/c1-12-7(5(8)3-10-12)6(11-9)4-13-2/h3,6,11H,4,9H2,1-2H3. The molecule has 0 spiro atoms. The molecule has 0 aliphatic carbocycles. The molecule has 1 heterocycles. The minimum absolute atomic E-state index is 0.0509. The van der Waals surface area contributed by atoms with Crippen LogP contribution in [0.4, 0.5) is 0 Å². The van der Waals surface area contributed by atoms with Crippen LogP contribution in [0.5, 0.6) is 0 Å². The molecule has 0 radical (unpaired) electrons. The molecule has 13 heavy (non-hydrogen) atoms. The Balaban J connectivity index is 2.89. The van der Waals surface area contributed by atoms with Crippen LogP contribution in [-0.2, 0) is 7.05 Å². The fraction of sp³-hybridized carbons (Fsp3) is 0.571. The van der Waals surface area contributed by atoms with Gasteiger partial charge in [0.1, 0.15) is 0 Å². The van der Waals surface area contributed by atoms with Crippen molar-refractivity contribution in [3.05, 3.63) is 16.9 Å². The van der Waals surface area contributed by atoms with E-state index in [4.69, 9.17) is 17.4 Å². The van der Waals surface area contributed by atoms with Crippen molar-refractivity contribution in [1.29, 1.82) is 0 Å². The second-order valence-electron chi connectivity index (χ2n) is 2.68. The summed E-state index contributed by atoms with van der Waals surface area (Å²) in [7, 11) is 1.85. The first-order valence-electron chi connectivity index (χ1n) is 3.83. The molecule has 0 amide bonds.